The van der Waals surface area contributed by atoms with Crippen LogP contribution in [0.1, 0.15) is 0 Å². The van der Waals surface area contributed by atoms with Crippen molar-refractivity contribution < 1.29 is 8.42 Å². The van der Waals surface area contributed by atoms with Crippen molar-refractivity contribution in [2.45, 2.75) is 4.90 Å². The zero-order valence-electron chi connectivity index (χ0n) is 7.78. The summed E-state index contributed by atoms with van der Waals surface area (Å²) in [5.74, 6) is 0. The minimum atomic E-state index is -3.50. The van der Waals surface area contributed by atoms with Gasteiger partial charge in [0.15, 0.2) is 0 Å². The zero-order chi connectivity index (χ0) is 11.1. The van der Waals surface area contributed by atoms with Crippen LogP contribution in [0.5, 0.6) is 0 Å². The molecule has 0 aliphatic heterocycles. The summed E-state index contributed by atoms with van der Waals surface area (Å²) in [5.41, 5.74) is 0. The first-order valence-electron chi connectivity index (χ1n) is 4.03. The molecule has 2 N–H and O–H groups in total. The van der Waals surface area contributed by atoms with Crippen LogP contribution in [0.15, 0.2) is 52.9 Å². The minimum absolute atomic E-state index is 0.148. The Labute approximate surface area is 92.6 Å². The molecule has 0 saturated carbocycles. The van der Waals surface area contributed by atoms with E-state index in [9.17, 15) is 8.42 Å². The van der Waals surface area contributed by atoms with Gasteiger partial charge < -0.3 is 0 Å². The van der Waals surface area contributed by atoms with Gasteiger partial charge in [-0.3, -0.25) is 0 Å². The maximum Gasteiger partial charge on any atom is 0.238 e. The molecule has 2 rings (SSSR count). The Kier molecular flexibility index (Phi) is 4.41. The molecule has 80 valence electrons. The van der Waals surface area contributed by atoms with Gasteiger partial charge in [-0.1, -0.05) is 18.2 Å². The largest absolute Gasteiger partial charge is 0.238 e. The van der Waals surface area contributed by atoms with Gasteiger partial charge in [-0.2, -0.15) is 0 Å². The molecule has 0 unspecified atom stereocenters. The number of nitrogens with two attached hydrogens (primary N) is 1. The lowest BCUT2D eigenvalue weighted by atomic mass is 10.4. The molecule has 0 atom stereocenters. The highest BCUT2D eigenvalue weighted by molar-refractivity contribution is 7.89. The average molecular weight is 242 g/mol. The van der Waals surface area contributed by atoms with Gasteiger partial charge in [-0.15, -0.1) is 0 Å². The van der Waals surface area contributed by atoms with E-state index in [0.717, 1.165) is 0 Å². The van der Waals surface area contributed by atoms with Crippen molar-refractivity contribution in [3.63, 3.8) is 0 Å². The average Bonchev–Trinajstić information content (AvgIpc) is 2.76. The standard InChI is InChI=1S/C6H7NO2S.C3H3NS/c7-10(8,9)6-4-2-1-3-5-6;1-2-4-5-3-1/h1-5H,(H2,7,8,9);1-3H. The molecule has 1 aromatic carbocycles. The van der Waals surface area contributed by atoms with Gasteiger partial charge in [0.25, 0.3) is 0 Å². The number of hydrogen-bond donors (Lipinski definition) is 1. The quantitative estimate of drug-likeness (QED) is 0.823. The van der Waals surface area contributed by atoms with Gasteiger partial charge in [0.2, 0.25) is 10.0 Å². The first-order chi connectivity index (χ1) is 7.11. The molecule has 6 heteroatoms. The summed E-state index contributed by atoms with van der Waals surface area (Å²) in [6.07, 6.45) is 1.77. The summed E-state index contributed by atoms with van der Waals surface area (Å²) in [6, 6.07) is 9.80. The Hall–Kier alpha value is -1.24. The lowest BCUT2D eigenvalue weighted by Gasteiger charge is -1.93. The summed E-state index contributed by atoms with van der Waals surface area (Å²) in [7, 11) is -3.50. The number of nitrogens with zero attached hydrogens (tertiary/aromatic N) is 1. The molecular formula is C9H10N2O2S2. The molecule has 0 bridgehead atoms. The van der Waals surface area contributed by atoms with E-state index in [1.54, 1.807) is 24.4 Å². The third-order valence-electron chi connectivity index (χ3n) is 1.42. The van der Waals surface area contributed by atoms with Crippen LogP contribution in [-0.2, 0) is 10.0 Å². The van der Waals surface area contributed by atoms with Gasteiger partial charge in [0.05, 0.1) is 4.90 Å². The lowest BCUT2D eigenvalue weighted by molar-refractivity contribution is 0.598. The highest BCUT2D eigenvalue weighted by Gasteiger charge is 2.03. The number of aromatic nitrogens is 1. The van der Waals surface area contributed by atoms with E-state index in [-0.39, 0.29) is 4.90 Å². The van der Waals surface area contributed by atoms with E-state index in [4.69, 9.17) is 5.14 Å². The highest BCUT2D eigenvalue weighted by atomic mass is 32.2. The van der Waals surface area contributed by atoms with Crippen molar-refractivity contribution in [2.24, 2.45) is 5.14 Å². The van der Waals surface area contributed by atoms with Crippen LogP contribution >= 0.6 is 11.5 Å². The van der Waals surface area contributed by atoms with Gasteiger partial charge >= 0.3 is 0 Å². The van der Waals surface area contributed by atoms with Crippen LogP contribution in [0.25, 0.3) is 0 Å². The van der Waals surface area contributed by atoms with E-state index in [1.165, 1.54) is 23.7 Å². The predicted molar refractivity (Wildman–Crippen MR) is 59.9 cm³/mol. The maximum atomic E-state index is 10.6. The van der Waals surface area contributed by atoms with Crippen molar-refractivity contribution in [3.8, 4) is 0 Å². The van der Waals surface area contributed by atoms with Crippen molar-refractivity contribution in [3.05, 3.63) is 48.0 Å². The molecule has 15 heavy (non-hydrogen) atoms. The summed E-state index contributed by atoms with van der Waals surface area (Å²) in [5, 5.41) is 6.76. The zero-order valence-corrected chi connectivity index (χ0v) is 9.41. The number of primary sulfonamides is 1. The lowest BCUT2D eigenvalue weighted by Crippen LogP contribution is -2.11. The van der Waals surface area contributed by atoms with Gasteiger partial charge in [0.1, 0.15) is 0 Å². The Morgan fingerprint density at radius 1 is 1.13 bits per heavy atom. The monoisotopic (exact) mass is 242 g/mol. The van der Waals surface area contributed by atoms with Crippen LogP contribution in [0, 0.1) is 0 Å². The van der Waals surface area contributed by atoms with Gasteiger partial charge in [-0.25, -0.2) is 17.9 Å². The molecule has 4 nitrogen and oxygen atoms in total. The minimum Gasteiger partial charge on any atom is -0.225 e. The van der Waals surface area contributed by atoms with Crippen LogP contribution in [-0.4, -0.2) is 12.8 Å². The molecule has 1 heterocycles. The molecule has 0 aliphatic rings. The molecule has 0 spiro atoms. The number of sulfonamides is 1. The SMILES string of the molecule is NS(=O)(=O)c1ccccc1.c1cnsc1. The fourth-order valence-electron chi connectivity index (χ4n) is 0.786. The van der Waals surface area contributed by atoms with E-state index < -0.39 is 10.0 Å². The van der Waals surface area contributed by atoms with Gasteiger partial charge in [0, 0.05) is 11.6 Å². The molecule has 0 radical (unpaired) electrons. The maximum absolute atomic E-state index is 10.6. The van der Waals surface area contributed by atoms with Crippen LogP contribution in [0.4, 0.5) is 0 Å². The Balaban J connectivity index is 0.000000187. The molecule has 0 fully saturated rings. The molecule has 0 aliphatic carbocycles. The fraction of sp³-hybridized carbons (Fsp3) is 0. The van der Waals surface area contributed by atoms with E-state index in [0.29, 0.717) is 0 Å². The van der Waals surface area contributed by atoms with Crippen LogP contribution < -0.4 is 5.14 Å². The topological polar surface area (TPSA) is 73.1 Å². The third-order valence-corrected chi connectivity index (χ3v) is 2.87. The summed E-state index contributed by atoms with van der Waals surface area (Å²) < 4.78 is 25.0. The summed E-state index contributed by atoms with van der Waals surface area (Å²) in [4.78, 5) is 0.148. The first-order valence-corrected chi connectivity index (χ1v) is 6.41. The summed E-state index contributed by atoms with van der Waals surface area (Å²) >= 11 is 1.46. The summed E-state index contributed by atoms with van der Waals surface area (Å²) in [6.45, 7) is 0. The second kappa shape index (κ2) is 5.59. The third kappa shape index (κ3) is 4.68. The molecule has 2 aromatic rings. The fourth-order valence-corrected chi connectivity index (χ4v) is 1.67. The predicted octanol–water partition coefficient (Wildman–Crippen LogP) is 1.48. The molecule has 1 aromatic heterocycles. The van der Waals surface area contributed by atoms with E-state index in [2.05, 4.69) is 4.37 Å². The molecular weight excluding hydrogens is 232 g/mol. The van der Waals surface area contributed by atoms with Crippen molar-refractivity contribution >= 4 is 21.6 Å². The van der Waals surface area contributed by atoms with Crippen LogP contribution in [0.3, 0.4) is 0 Å². The number of benzene rings is 1. The Bertz CT molecular complexity index is 449. The first kappa shape index (κ1) is 11.8. The normalized spacial score (nSPS) is 10.2. The van der Waals surface area contributed by atoms with Crippen LogP contribution in [0.2, 0.25) is 0 Å². The van der Waals surface area contributed by atoms with E-state index in [1.807, 2.05) is 11.4 Å². The molecule has 0 saturated heterocycles. The van der Waals surface area contributed by atoms with E-state index >= 15 is 0 Å². The second-order valence-electron chi connectivity index (χ2n) is 2.55. The molecule has 0 amide bonds. The van der Waals surface area contributed by atoms with Crippen molar-refractivity contribution in [1.82, 2.24) is 4.37 Å². The number of hydrogen-bond acceptors (Lipinski definition) is 4. The van der Waals surface area contributed by atoms with Crippen molar-refractivity contribution in [1.29, 1.82) is 0 Å². The Morgan fingerprint density at radius 2 is 1.80 bits per heavy atom. The number of rotatable bonds is 1. The highest BCUT2D eigenvalue weighted by Crippen LogP contribution is 2.02. The Morgan fingerprint density at radius 3 is 2.07 bits per heavy atom. The van der Waals surface area contributed by atoms with Gasteiger partial charge in [-0.05, 0) is 29.7 Å². The second-order valence-corrected chi connectivity index (χ2v) is 4.80. The smallest absolute Gasteiger partial charge is 0.225 e. The van der Waals surface area contributed by atoms with Crippen molar-refractivity contribution in [2.75, 3.05) is 0 Å².